The average Bonchev–Trinajstić information content (AvgIpc) is 3.62. The van der Waals surface area contributed by atoms with Crippen molar-refractivity contribution in [2.75, 3.05) is 0 Å². The molecule has 0 radical (unpaired) electrons. The Morgan fingerprint density at radius 3 is 1.74 bits per heavy atom. The third-order valence-electron chi connectivity index (χ3n) is 10.3. The van der Waals surface area contributed by atoms with Gasteiger partial charge in [-0.1, -0.05) is 170 Å². The van der Waals surface area contributed by atoms with Gasteiger partial charge in [0.25, 0.3) is 0 Å². The van der Waals surface area contributed by atoms with Gasteiger partial charge in [-0.2, -0.15) is 0 Å². The summed E-state index contributed by atoms with van der Waals surface area (Å²) in [5, 5.41) is 2.46. The Labute approximate surface area is 308 Å². The normalized spacial score (nSPS) is 15.7. The van der Waals surface area contributed by atoms with Crippen LogP contribution in [0, 0.1) is 0 Å². The molecule has 0 N–H and O–H groups in total. The summed E-state index contributed by atoms with van der Waals surface area (Å²) < 4.78 is 6.55. The van der Waals surface area contributed by atoms with Gasteiger partial charge in [-0.05, 0) is 62.4 Å². The molecule has 0 saturated carbocycles. The second-order valence-corrected chi connectivity index (χ2v) is 13.5. The number of nitrogens with zero attached hydrogens (tertiary/aromatic N) is 3. The van der Waals surface area contributed by atoms with E-state index >= 15 is 0 Å². The van der Waals surface area contributed by atoms with Crippen LogP contribution in [0.5, 0.6) is 5.75 Å². The van der Waals surface area contributed by atoms with Gasteiger partial charge in [0.05, 0.1) is 5.92 Å². The van der Waals surface area contributed by atoms with E-state index in [1.807, 2.05) is 36.4 Å². The van der Waals surface area contributed by atoms with Crippen LogP contribution in [0.1, 0.15) is 17.3 Å². The van der Waals surface area contributed by atoms with Gasteiger partial charge in [-0.15, -0.1) is 0 Å². The summed E-state index contributed by atoms with van der Waals surface area (Å²) in [5.74, 6) is 2.76. The first-order chi connectivity index (χ1) is 26.2. The first-order valence-corrected chi connectivity index (χ1v) is 18.0. The number of fused-ring (bicyclic) bond motifs is 4. The van der Waals surface area contributed by atoms with Crippen LogP contribution in [0.3, 0.4) is 0 Å². The van der Waals surface area contributed by atoms with Gasteiger partial charge in [-0.25, -0.2) is 15.0 Å². The summed E-state index contributed by atoms with van der Waals surface area (Å²) in [7, 11) is 0. The third kappa shape index (κ3) is 5.71. The van der Waals surface area contributed by atoms with E-state index in [1.165, 1.54) is 27.5 Å². The van der Waals surface area contributed by atoms with E-state index < -0.39 is 0 Å². The fraction of sp³-hybridized carbons (Fsp3) is 0.0408. The van der Waals surface area contributed by atoms with Crippen LogP contribution >= 0.6 is 0 Å². The summed E-state index contributed by atoms with van der Waals surface area (Å²) >= 11 is 0. The molecule has 4 heteroatoms. The molecule has 4 nitrogen and oxygen atoms in total. The maximum Gasteiger partial charge on any atom is 0.164 e. The summed E-state index contributed by atoms with van der Waals surface area (Å²) in [6.07, 6.45) is 6.18. The van der Waals surface area contributed by atoms with Gasteiger partial charge >= 0.3 is 0 Å². The van der Waals surface area contributed by atoms with Crippen molar-refractivity contribution in [2.24, 2.45) is 0 Å². The maximum absolute atomic E-state index is 6.55. The quantitative estimate of drug-likeness (QED) is 0.175. The standard InChI is InChI=1S/C49H33N3O/c1-3-11-32(12-4-1)33-21-23-34(24-22-33)39-29-30-44-43(31-39)46-42(19-10-20-45(46)53-44)49-51-47(37-14-5-2-6-15-37)50-48(52-49)38-27-25-36(26-28-38)41-18-9-16-35-13-7-8-17-40(35)41/h1-31,45-46H. The van der Waals surface area contributed by atoms with Crippen LogP contribution in [0.25, 0.3) is 72.5 Å². The number of ether oxygens (including phenoxy) is 1. The molecule has 0 amide bonds. The summed E-state index contributed by atoms with van der Waals surface area (Å²) in [4.78, 5) is 15.3. The Hall–Kier alpha value is -6.91. The van der Waals surface area contributed by atoms with Crippen LogP contribution in [0.4, 0.5) is 0 Å². The second-order valence-electron chi connectivity index (χ2n) is 13.5. The Kier molecular flexibility index (Phi) is 7.58. The molecule has 2 heterocycles. The second kappa shape index (κ2) is 13.0. The molecule has 10 rings (SSSR count). The Bertz CT molecular complexity index is 2680. The number of benzene rings is 7. The maximum atomic E-state index is 6.55. The summed E-state index contributed by atoms with van der Waals surface area (Å²) in [6, 6.07) is 59.5. The zero-order valence-electron chi connectivity index (χ0n) is 28.8. The van der Waals surface area contributed by atoms with Gasteiger partial charge in [0.1, 0.15) is 11.9 Å². The van der Waals surface area contributed by atoms with E-state index in [9.17, 15) is 0 Å². The molecular formula is C49H33N3O. The van der Waals surface area contributed by atoms with Gasteiger partial charge in [0.2, 0.25) is 0 Å². The Balaban J connectivity index is 1.03. The lowest BCUT2D eigenvalue weighted by Crippen LogP contribution is -2.20. The molecule has 8 aromatic rings. The SMILES string of the molecule is C1=CC2Oc3ccc(-c4ccc(-c5ccccc5)cc4)cc3C2C(c2nc(-c3ccccc3)nc(-c3ccc(-c4cccc5ccccc45)cc3)n2)=C1. The lowest BCUT2D eigenvalue weighted by atomic mass is 9.83. The summed E-state index contributed by atoms with van der Waals surface area (Å²) in [6.45, 7) is 0. The van der Waals surface area contributed by atoms with Crippen molar-refractivity contribution in [3.05, 3.63) is 199 Å². The molecule has 0 spiro atoms. The first kappa shape index (κ1) is 30.9. The highest BCUT2D eigenvalue weighted by Crippen LogP contribution is 2.49. The van der Waals surface area contributed by atoms with E-state index in [0.29, 0.717) is 17.5 Å². The lowest BCUT2D eigenvalue weighted by Gasteiger charge is -2.22. The van der Waals surface area contributed by atoms with Crippen LogP contribution in [0.15, 0.2) is 188 Å². The van der Waals surface area contributed by atoms with Crippen molar-refractivity contribution in [3.8, 4) is 61.9 Å². The molecule has 2 unspecified atom stereocenters. The number of aromatic nitrogens is 3. The van der Waals surface area contributed by atoms with Crippen molar-refractivity contribution in [1.29, 1.82) is 0 Å². The Morgan fingerprint density at radius 1 is 0.434 bits per heavy atom. The van der Waals surface area contributed by atoms with E-state index in [1.54, 1.807) is 0 Å². The topological polar surface area (TPSA) is 47.9 Å². The first-order valence-electron chi connectivity index (χ1n) is 18.0. The zero-order valence-corrected chi connectivity index (χ0v) is 28.8. The van der Waals surface area contributed by atoms with Crippen molar-refractivity contribution in [3.63, 3.8) is 0 Å². The fourth-order valence-electron chi connectivity index (χ4n) is 7.66. The largest absolute Gasteiger partial charge is 0.485 e. The van der Waals surface area contributed by atoms with Crippen LogP contribution in [-0.2, 0) is 0 Å². The third-order valence-corrected chi connectivity index (χ3v) is 10.3. The van der Waals surface area contributed by atoms with E-state index in [2.05, 4.69) is 152 Å². The predicted molar refractivity (Wildman–Crippen MR) is 215 cm³/mol. The molecule has 0 bridgehead atoms. The molecule has 0 saturated heterocycles. The highest BCUT2D eigenvalue weighted by atomic mass is 16.5. The zero-order chi connectivity index (χ0) is 35.1. The molecule has 53 heavy (non-hydrogen) atoms. The molecule has 7 aromatic carbocycles. The van der Waals surface area contributed by atoms with Crippen LogP contribution in [0.2, 0.25) is 0 Å². The Morgan fingerprint density at radius 2 is 0.981 bits per heavy atom. The van der Waals surface area contributed by atoms with Gasteiger partial charge in [0, 0.05) is 22.3 Å². The van der Waals surface area contributed by atoms with Crippen molar-refractivity contribution >= 4 is 16.3 Å². The number of hydrogen-bond donors (Lipinski definition) is 0. The highest BCUT2D eigenvalue weighted by Gasteiger charge is 2.39. The molecular weight excluding hydrogens is 647 g/mol. The lowest BCUT2D eigenvalue weighted by molar-refractivity contribution is 0.271. The van der Waals surface area contributed by atoms with Crippen LogP contribution < -0.4 is 4.74 Å². The predicted octanol–water partition coefficient (Wildman–Crippen LogP) is 11.9. The monoisotopic (exact) mass is 679 g/mol. The number of hydrogen-bond acceptors (Lipinski definition) is 4. The van der Waals surface area contributed by atoms with E-state index in [0.717, 1.165) is 44.7 Å². The summed E-state index contributed by atoms with van der Waals surface area (Å²) in [5.41, 5.74) is 11.1. The van der Waals surface area contributed by atoms with Gasteiger partial charge < -0.3 is 4.74 Å². The van der Waals surface area contributed by atoms with E-state index in [-0.39, 0.29) is 12.0 Å². The molecule has 250 valence electrons. The van der Waals surface area contributed by atoms with Crippen molar-refractivity contribution in [2.45, 2.75) is 12.0 Å². The molecule has 1 aliphatic carbocycles. The smallest absolute Gasteiger partial charge is 0.164 e. The van der Waals surface area contributed by atoms with Gasteiger partial charge in [-0.3, -0.25) is 0 Å². The minimum atomic E-state index is -0.152. The molecule has 1 aliphatic heterocycles. The molecule has 1 aromatic heterocycles. The number of rotatable bonds is 6. The van der Waals surface area contributed by atoms with Gasteiger partial charge in [0.15, 0.2) is 17.5 Å². The molecule has 2 aliphatic rings. The van der Waals surface area contributed by atoms with Crippen LogP contribution in [-0.4, -0.2) is 21.1 Å². The highest BCUT2D eigenvalue weighted by molar-refractivity contribution is 5.96. The average molecular weight is 680 g/mol. The number of allylic oxidation sites excluding steroid dienone is 2. The minimum absolute atomic E-state index is 0.0637. The van der Waals surface area contributed by atoms with Crippen molar-refractivity contribution in [1.82, 2.24) is 15.0 Å². The fourth-order valence-corrected chi connectivity index (χ4v) is 7.66. The van der Waals surface area contributed by atoms with E-state index in [4.69, 9.17) is 19.7 Å². The van der Waals surface area contributed by atoms with Crippen molar-refractivity contribution < 1.29 is 4.74 Å². The molecule has 2 atom stereocenters. The molecule has 0 fully saturated rings. The minimum Gasteiger partial charge on any atom is -0.485 e.